The summed E-state index contributed by atoms with van der Waals surface area (Å²) in [4.78, 5) is 9.46. The van der Waals surface area contributed by atoms with Crippen molar-refractivity contribution in [1.29, 1.82) is 0 Å². The summed E-state index contributed by atoms with van der Waals surface area (Å²) >= 11 is 14.9. The minimum absolute atomic E-state index is 0.337. The maximum Gasteiger partial charge on any atom is 0.121 e. The molecule has 2 spiro atoms. The van der Waals surface area contributed by atoms with Crippen molar-refractivity contribution in [3.05, 3.63) is 446 Å². The first kappa shape index (κ1) is 101. The monoisotopic (exact) mass is 2220 g/mol. The van der Waals surface area contributed by atoms with Gasteiger partial charge in [0.1, 0.15) is 57.5 Å². The molecule has 15 nitrogen and oxygen atoms in total. The zero-order valence-electron chi connectivity index (χ0n) is 87.1. The summed E-state index contributed by atoms with van der Waals surface area (Å²) in [6, 6.07) is 119. The minimum atomic E-state index is -1.04. The van der Waals surface area contributed by atoms with Crippen LogP contribution in [0.25, 0.3) is 44.5 Å². The highest BCUT2D eigenvalue weighted by atomic mass is 79.9. The highest BCUT2D eigenvalue weighted by Crippen LogP contribution is 2.68. The van der Waals surface area contributed by atoms with Crippen LogP contribution in [0.2, 0.25) is 0 Å². The average Bonchev–Trinajstić information content (AvgIpc) is 1.48. The van der Waals surface area contributed by atoms with Gasteiger partial charge in [-0.25, -0.2) is 0 Å². The van der Waals surface area contributed by atoms with E-state index in [1.165, 1.54) is 44.5 Å². The second-order valence-corrected chi connectivity index (χ2v) is 41.9. The lowest BCUT2D eigenvalue weighted by Crippen LogP contribution is -2.27. The van der Waals surface area contributed by atoms with Gasteiger partial charge in [0.2, 0.25) is 0 Å². The van der Waals surface area contributed by atoms with Crippen LogP contribution in [0.3, 0.4) is 0 Å². The molecule has 4 aliphatic rings. The number of hydrogen-bond donors (Lipinski definition) is 1. The molecular formula is C130H115Br4N5O10. The minimum Gasteiger partial charge on any atom is -0.496 e. The maximum absolute atomic E-state index is 5.93. The van der Waals surface area contributed by atoms with Crippen molar-refractivity contribution in [3.63, 3.8) is 0 Å². The third-order valence-corrected chi connectivity index (χ3v) is 31.5. The quantitative estimate of drug-likeness (QED) is 0.0618. The summed E-state index contributed by atoms with van der Waals surface area (Å²) < 4.78 is 62.4. The normalized spacial score (nSPS) is 12.3. The number of methoxy groups -OCH3 is 10. The van der Waals surface area contributed by atoms with Crippen LogP contribution in [0.4, 0.5) is 79.6 Å². The maximum atomic E-state index is 5.93. The number of nitrogens with zero attached hydrogens (tertiary/aromatic N) is 4. The van der Waals surface area contributed by atoms with Gasteiger partial charge in [0.25, 0.3) is 0 Å². The summed E-state index contributed by atoms with van der Waals surface area (Å²) in [6.07, 6.45) is 0. The van der Waals surface area contributed by atoms with Crippen LogP contribution in [0.15, 0.2) is 345 Å². The molecule has 0 fully saturated rings. The van der Waals surface area contributed by atoms with Crippen molar-refractivity contribution in [2.45, 2.75) is 80.1 Å². The number of ether oxygens (including phenoxy) is 10. The largest absolute Gasteiger partial charge is 0.496 e. The Balaban J connectivity index is 0.000000225. The van der Waals surface area contributed by atoms with Gasteiger partial charge in [0, 0.05) is 97.5 Å². The molecule has 22 rings (SSSR count). The Morgan fingerprint density at radius 3 is 0.450 bits per heavy atom. The van der Waals surface area contributed by atoms with Gasteiger partial charge in [0.15, 0.2) is 0 Å². The average molecular weight is 2230 g/mol. The Morgan fingerprint density at radius 1 is 0.161 bits per heavy atom. The lowest BCUT2D eigenvalue weighted by atomic mass is 9.70. The Morgan fingerprint density at radius 2 is 0.295 bits per heavy atom. The molecule has 0 atom stereocenters. The molecule has 4 aliphatic carbocycles. The Labute approximate surface area is 907 Å². The van der Waals surface area contributed by atoms with Gasteiger partial charge in [-0.05, 0) is 493 Å². The first-order valence-electron chi connectivity index (χ1n) is 49.3. The van der Waals surface area contributed by atoms with Crippen LogP contribution in [0, 0.1) is 69.2 Å². The molecule has 0 aliphatic heterocycles. The highest BCUT2D eigenvalue weighted by molar-refractivity contribution is 9.11. The topological polar surface area (TPSA) is 117 Å². The van der Waals surface area contributed by atoms with Crippen molar-refractivity contribution in [2.75, 3.05) is 96.0 Å². The lowest BCUT2D eigenvalue weighted by molar-refractivity contribution is 0.411. The van der Waals surface area contributed by atoms with Gasteiger partial charge >= 0.3 is 0 Å². The molecule has 149 heavy (non-hydrogen) atoms. The molecule has 0 saturated heterocycles. The number of nitrogens with one attached hydrogen (secondary N) is 1. The van der Waals surface area contributed by atoms with Gasteiger partial charge < -0.3 is 72.3 Å². The molecule has 19 heteroatoms. The second-order valence-electron chi connectivity index (χ2n) is 38.2. The predicted molar refractivity (Wildman–Crippen MR) is 624 cm³/mol. The number of halogens is 4. The summed E-state index contributed by atoms with van der Waals surface area (Å²) in [5.41, 5.74) is 42.0. The molecule has 748 valence electrons. The highest BCUT2D eigenvalue weighted by Gasteiger charge is 2.55. The molecule has 0 heterocycles. The van der Waals surface area contributed by atoms with Crippen LogP contribution in [0.1, 0.15) is 100 Å². The van der Waals surface area contributed by atoms with E-state index in [1.54, 1.807) is 71.1 Å². The van der Waals surface area contributed by atoms with Crippen LogP contribution < -0.4 is 72.3 Å². The number of fused-ring (bicyclic) bond motifs is 20. The summed E-state index contributed by atoms with van der Waals surface area (Å²) in [5.74, 6) is 8.25. The van der Waals surface area contributed by atoms with Crippen molar-refractivity contribution < 1.29 is 47.4 Å². The molecule has 18 aromatic carbocycles. The Hall–Kier alpha value is -15.1. The van der Waals surface area contributed by atoms with E-state index in [9.17, 15) is 0 Å². The second kappa shape index (κ2) is 41.5. The molecule has 0 aromatic heterocycles. The third-order valence-electron chi connectivity index (χ3n) is 29.5. The molecular weight excluding hydrogens is 2110 g/mol. The Kier molecular flexibility index (Phi) is 28.2. The summed E-state index contributed by atoms with van der Waals surface area (Å²) in [7, 11) is 17.2. The fraction of sp³-hybridized carbons (Fsp3) is 0.169. The van der Waals surface area contributed by atoms with Gasteiger partial charge in [-0.2, -0.15) is 0 Å². The van der Waals surface area contributed by atoms with E-state index >= 15 is 0 Å². The van der Waals surface area contributed by atoms with Gasteiger partial charge in [-0.1, -0.05) is 112 Å². The van der Waals surface area contributed by atoms with Gasteiger partial charge in [0.05, 0.1) is 81.9 Å². The van der Waals surface area contributed by atoms with Crippen molar-refractivity contribution in [2.24, 2.45) is 0 Å². The van der Waals surface area contributed by atoms with E-state index in [0.29, 0.717) is 0 Å². The molecule has 1 N–H and O–H groups in total. The molecule has 18 aromatic rings. The molecule has 0 bridgehead atoms. The zero-order valence-corrected chi connectivity index (χ0v) is 93.4. The lowest BCUT2D eigenvalue weighted by Gasteiger charge is -2.35. The van der Waals surface area contributed by atoms with E-state index in [-0.39, 0.29) is 5.41 Å². The first-order chi connectivity index (χ1) is 72.1. The van der Waals surface area contributed by atoms with Crippen molar-refractivity contribution >= 4 is 143 Å². The number of aryl methyl sites for hydroxylation is 10. The number of benzene rings is 18. The van der Waals surface area contributed by atoms with Crippen LogP contribution in [-0.2, 0) is 10.8 Å². The van der Waals surface area contributed by atoms with Crippen LogP contribution in [0.5, 0.6) is 57.5 Å². The predicted octanol–water partition coefficient (Wildman–Crippen LogP) is 35.6. The summed E-state index contributed by atoms with van der Waals surface area (Å²) in [5, 5.41) is 3.38. The van der Waals surface area contributed by atoms with Crippen molar-refractivity contribution in [1.82, 2.24) is 0 Å². The van der Waals surface area contributed by atoms with E-state index < -0.39 is 5.41 Å². The first-order valence-corrected chi connectivity index (χ1v) is 52.5. The number of anilines is 14. The van der Waals surface area contributed by atoms with Gasteiger partial charge in [-0.15, -0.1) is 0 Å². The zero-order chi connectivity index (χ0) is 104. The van der Waals surface area contributed by atoms with Crippen LogP contribution in [-0.4, -0.2) is 71.1 Å². The smallest absolute Gasteiger partial charge is 0.121 e. The SMILES string of the molecule is Brc1ccc2c(c1)C1(c3cc(Br)ccc3-2)c2cc(Br)ccc2-c2ccc(Br)cc21.COc1ccc(N(c2ccc(OC)c(C)c2)c2ccc3c(c2)C2(c4cc(N(c5ccc(OC)c(C)c5)c5ccc(OC)c(C)c5)ccc4-3)c3cc(N(c4ccc(OC)c(C)c4)c4ccc(OC)c(C)c4)ccc3-c3ccc(N(c4ccc(OC)c(C)c4)c4ccc(OC)c(C)c4)cc32)cc1C.COc1ccc(Nc2ccc(OC)c(C)c2)cc1C. The molecule has 0 unspecified atom stereocenters. The Bertz CT molecular complexity index is 7220. The van der Waals surface area contributed by atoms with E-state index in [1.807, 2.05) is 38.1 Å². The van der Waals surface area contributed by atoms with Crippen molar-refractivity contribution in [3.8, 4) is 102 Å². The van der Waals surface area contributed by atoms with Gasteiger partial charge in [-0.3, -0.25) is 0 Å². The fourth-order valence-corrected chi connectivity index (χ4v) is 24.2. The van der Waals surface area contributed by atoms with E-state index in [4.69, 9.17) is 47.4 Å². The molecule has 0 radical (unpaired) electrons. The fourth-order valence-electron chi connectivity index (χ4n) is 22.7. The standard InChI is InChI=1S/C89H84N4O8.C25H12Br4.C16H19NO2/c1-53-41-61(21-33-81(53)94-9)90(62-22-34-82(95-10)54(2)42-62)69-17-29-73-74-30-18-70(91(63-23-35-83(96-11)55(3)43-63)64-24-36-84(97-12)56(4)44-64)50-78(74)89(77(73)49-69)79-51-71(92(65-25-37-85(98-13)57(5)45-65)66-26-38-86(99-14)58(6)46-66)19-31-75(79)76-32-20-72(52-80(76)89)93(67-27-39-87(100-15)59(7)47-67)68-28-40-88(101-16)60(8)48-68;26-13-1-5-17-18-6-2-14(27)10-22(18)25(21(17)9-13)23-11-15(28)3-7-19(23)20-8-4-16(29)12-24(20)25;1-11-9-13(5-7-15(11)18-3)17-14-6-8-16(19-4)12(2)10-14/h17-52H,1-16H3;1-12H;5-10,17H,1-4H3. The van der Waals surface area contributed by atoms with E-state index in [2.05, 4.69) is 447 Å². The van der Waals surface area contributed by atoms with Crippen LogP contribution >= 0.6 is 63.7 Å². The third kappa shape index (κ3) is 18.1. The van der Waals surface area contributed by atoms with E-state index in [0.717, 1.165) is 255 Å². The molecule has 0 amide bonds. The molecule has 0 saturated carbocycles. The number of rotatable bonds is 24. The number of hydrogen-bond acceptors (Lipinski definition) is 15. The summed E-state index contributed by atoms with van der Waals surface area (Å²) in [6.45, 7) is 20.9.